The Hall–Kier alpha value is -1.81. The fraction of sp³-hybridized carbons (Fsp3) is 0.450. The largest absolute Gasteiger partial charge is 0.372 e. The number of benzene rings is 1. The molecular formula is C20H26N2OS. The normalized spacial score (nSPS) is 14.7. The lowest BCUT2D eigenvalue weighted by Crippen LogP contribution is -2.29. The van der Waals surface area contributed by atoms with E-state index in [4.69, 9.17) is 0 Å². The summed E-state index contributed by atoms with van der Waals surface area (Å²) in [5.41, 5.74) is 3.42. The molecule has 0 atom stereocenters. The van der Waals surface area contributed by atoms with E-state index in [1.807, 2.05) is 18.2 Å². The summed E-state index contributed by atoms with van der Waals surface area (Å²) in [5.74, 6) is -0.00354. The van der Waals surface area contributed by atoms with E-state index in [1.54, 1.807) is 11.3 Å². The molecule has 1 aliphatic heterocycles. The molecule has 0 unspecified atom stereocenters. The van der Waals surface area contributed by atoms with Crippen LogP contribution in [0.5, 0.6) is 0 Å². The molecule has 1 aliphatic rings. The number of piperidine rings is 1. The number of anilines is 2. The highest BCUT2D eigenvalue weighted by Gasteiger charge is 2.13. The number of thiophene rings is 1. The highest BCUT2D eigenvalue weighted by molar-refractivity contribution is 7.14. The van der Waals surface area contributed by atoms with Gasteiger partial charge in [0.05, 0.1) is 4.88 Å². The maximum absolute atomic E-state index is 12.5. The lowest BCUT2D eigenvalue weighted by atomic mass is 10.1. The first-order valence-electron chi connectivity index (χ1n) is 8.93. The van der Waals surface area contributed by atoms with Crippen molar-refractivity contribution in [1.29, 1.82) is 0 Å². The quantitative estimate of drug-likeness (QED) is 0.804. The maximum Gasteiger partial charge on any atom is 0.265 e. The average molecular weight is 343 g/mol. The molecule has 4 heteroatoms. The second-order valence-corrected chi connectivity index (χ2v) is 7.75. The summed E-state index contributed by atoms with van der Waals surface area (Å²) < 4.78 is 0. The predicted molar refractivity (Wildman–Crippen MR) is 104 cm³/mol. The summed E-state index contributed by atoms with van der Waals surface area (Å²) >= 11 is 1.59. The number of hydrogen-bond acceptors (Lipinski definition) is 3. The van der Waals surface area contributed by atoms with Gasteiger partial charge in [-0.15, -0.1) is 11.3 Å². The topological polar surface area (TPSA) is 32.3 Å². The van der Waals surface area contributed by atoms with Gasteiger partial charge < -0.3 is 10.2 Å². The highest BCUT2D eigenvalue weighted by Crippen LogP contribution is 2.25. The Balaban J connectivity index is 1.64. The van der Waals surface area contributed by atoms with Crippen LogP contribution in [0.1, 0.15) is 52.7 Å². The van der Waals surface area contributed by atoms with Gasteiger partial charge in [0.25, 0.3) is 5.91 Å². The Bertz CT molecular complexity index is 684. The van der Waals surface area contributed by atoms with E-state index in [0.29, 0.717) is 0 Å². The van der Waals surface area contributed by atoms with Crippen molar-refractivity contribution in [2.75, 3.05) is 23.3 Å². The molecule has 1 aromatic heterocycles. The van der Waals surface area contributed by atoms with Crippen molar-refractivity contribution >= 4 is 28.6 Å². The summed E-state index contributed by atoms with van der Waals surface area (Å²) in [6, 6.07) is 10.3. The first kappa shape index (κ1) is 17.0. The first-order chi connectivity index (χ1) is 11.7. The molecule has 0 bridgehead atoms. The van der Waals surface area contributed by atoms with E-state index < -0.39 is 0 Å². The smallest absolute Gasteiger partial charge is 0.265 e. The summed E-state index contributed by atoms with van der Waals surface area (Å²) in [4.78, 5) is 16.9. The van der Waals surface area contributed by atoms with Crippen molar-refractivity contribution in [3.8, 4) is 0 Å². The summed E-state index contributed by atoms with van der Waals surface area (Å²) in [6.07, 6.45) is 6.04. The number of aryl methyl sites for hydroxylation is 2. The number of amides is 1. The molecule has 24 heavy (non-hydrogen) atoms. The van der Waals surface area contributed by atoms with Crippen LogP contribution in [0.25, 0.3) is 0 Å². The first-order valence-corrected chi connectivity index (χ1v) is 9.74. The van der Waals surface area contributed by atoms with E-state index in [1.165, 1.54) is 35.4 Å². The standard InChI is InChI=1S/C20H26N2OS/c1-3-7-16-14-19(24-15(16)2)20(23)21-17-8-10-18(11-9-17)22-12-5-4-6-13-22/h8-11,14H,3-7,12-13H2,1-2H3,(H,21,23). The van der Waals surface area contributed by atoms with Gasteiger partial charge in [0.2, 0.25) is 0 Å². The summed E-state index contributed by atoms with van der Waals surface area (Å²) in [6.45, 7) is 6.54. The number of nitrogens with zero attached hydrogens (tertiary/aromatic N) is 1. The van der Waals surface area contributed by atoms with Gasteiger partial charge in [-0.2, -0.15) is 0 Å². The van der Waals surface area contributed by atoms with Gasteiger partial charge in [0.1, 0.15) is 0 Å². The minimum absolute atomic E-state index is 0.00354. The fourth-order valence-corrected chi connectivity index (χ4v) is 4.22. The third-order valence-electron chi connectivity index (χ3n) is 4.61. The third-order valence-corrected chi connectivity index (χ3v) is 5.70. The third kappa shape index (κ3) is 3.99. The fourth-order valence-electron chi connectivity index (χ4n) is 3.25. The Kier molecular flexibility index (Phi) is 5.56. The van der Waals surface area contributed by atoms with Crippen LogP contribution < -0.4 is 10.2 Å². The monoisotopic (exact) mass is 342 g/mol. The highest BCUT2D eigenvalue weighted by atomic mass is 32.1. The molecule has 2 aromatic rings. The van der Waals surface area contributed by atoms with Crippen LogP contribution in [0.4, 0.5) is 11.4 Å². The molecule has 3 nitrogen and oxygen atoms in total. The van der Waals surface area contributed by atoms with Gasteiger partial charge in [-0.3, -0.25) is 4.79 Å². The van der Waals surface area contributed by atoms with Crippen molar-refractivity contribution < 1.29 is 4.79 Å². The molecule has 0 aliphatic carbocycles. The van der Waals surface area contributed by atoms with Crippen molar-refractivity contribution in [3.05, 3.63) is 45.6 Å². The van der Waals surface area contributed by atoms with Crippen LogP contribution in [0, 0.1) is 6.92 Å². The molecule has 1 fully saturated rings. The second-order valence-electron chi connectivity index (χ2n) is 6.49. The van der Waals surface area contributed by atoms with Gasteiger partial charge in [-0.1, -0.05) is 13.3 Å². The molecule has 3 rings (SSSR count). The number of hydrogen-bond donors (Lipinski definition) is 1. The van der Waals surface area contributed by atoms with Crippen LogP contribution in [-0.4, -0.2) is 19.0 Å². The molecule has 1 saturated heterocycles. The number of carbonyl (C=O) groups is 1. The second kappa shape index (κ2) is 7.84. The number of carbonyl (C=O) groups excluding carboxylic acids is 1. The predicted octanol–water partition coefficient (Wildman–Crippen LogP) is 5.25. The zero-order chi connectivity index (χ0) is 16.9. The minimum Gasteiger partial charge on any atom is -0.372 e. The molecule has 0 saturated carbocycles. The Morgan fingerprint density at radius 2 is 1.88 bits per heavy atom. The van der Waals surface area contributed by atoms with Crippen LogP contribution in [0.2, 0.25) is 0 Å². The van der Waals surface area contributed by atoms with Crippen molar-refractivity contribution in [2.24, 2.45) is 0 Å². The van der Waals surface area contributed by atoms with E-state index in [9.17, 15) is 4.79 Å². The zero-order valence-electron chi connectivity index (χ0n) is 14.6. The van der Waals surface area contributed by atoms with Gasteiger partial charge in [-0.25, -0.2) is 0 Å². The number of nitrogens with one attached hydrogen (secondary N) is 1. The molecule has 1 amide bonds. The van der Waals surface area contributed by atoms with Crippen LogP contribution in [0.3, 0.4) is 0 Å². The zero-order valence-corrected chi connectivity index (χ0v) is 15.4. The van der Waals surface area contributed by atoms with Crippen LogP contribution in [-0.2, 0) is 6.42 Å². The Morgan fingerprint density at radius 1 is 1.17 bits per heavy atom. The van der Waals surface area contributed by atoms with Crippen LogP contribution in [0.15, 0.2) is 30.3 Å². The number of rotatable bonds is 5. The van der Waals surface area contributed by atoms with Crippen molar-refractivity contribution in [1.82, 2.24) is 0 Å². The van der Waals surface area contributed by atoms with Gasteiger partial charge in [0, 0.05) is 29.3 Å². The Morgan fingerprint density at radius 3 is 2.54 bits per heavy atom. The lowest BCUT2D eigenvalue weighted by Gasteiger charge is -2.28. The van der Waals surface area contributed by atoms with E-state index >= 15 is 0 Å². The molecule has 1 aromatic carbocycles. The molecular weight excluding hydrogens is 316 g/mol. The minimum atomic E-state index is -0.00354. The van der Waals surface area contributed by atoms with E-state index in [2.05, 4.69) is 36.2 Å². The molecule has 128 valence electrons. The van der Waals surface area contributed by atoms with Crippen LogP contribution >= 0.6 is 11.3 Å². The maximum atomic E-state index is 12.5. The van der Waals surface area contributed by atoms with Crippen molar-refractivity contribution in [3.63, 3.8) is 0 Å². The lowest BCUT2D eigenvalue weighted by molar-refractivity contribution is 0.103. The van der Waals surface area contributed by atoms with Gasteiger partial charge in [0.15, 0.2) is 0 Å². The summed E-state index contributed by atoms with van der Waals surface area (Å²) in [7, 11) is 0. The summed E-state index contributed by atoms with van der Waals surface area (Å²) in [5, 5.41) is 3.02. The SMILES string of the molecule is CCCc1cc(C(=O)Nc2ccc(N3CCCCC3)cc2)sc1C. The average Bonchev–Trinajstić information content (AvgIpc) is 2.98. The molecule has 2 heterocycles. The van der Waals surface area contributed by atoms with E-state index in [0.717, 1.165) is 36.5 Å². The Labute approximate surface area is 148 Å². The van der Waals surface area contributed by atoms with Crippen molar-refractivity contribution in [2.45, 2.75) is 46.0 Å². The van der Waals surface area contributed by atoms with E-state index in [-0.39, 0.29) is 5.91 Å². The molecule has 1 N–H and O–H groups in total. The van der Waals surface area contributed by atoms with Gasteiger partial charge >= 0.3 is 0 Å². The molecule has 0 radical (unpaired) electrons. The van der Waals surface area contributed by atoms with Gasteiger partial charge in [-0.05, 0) is 68.5 Å². The molecule has 0 spiro atoms.